The van der Waals surface area contributed by atoms with Crippen LogP contribution in [0.25, 0.3) is 0 Å². The number of hydrogen-bond donors (Lipinski definition) is 2. The number of amides is 1. The van der Waals surface area contributed by atoms with Gasteiger partial charge in [0.15, 0.2) is 5.60 Å². The van der Waals surface area contributed by atoms with Crippen molar-refractivity contribution in [1.82, 2.24) is 10.3 Å². The molecule has 2 N–H and O–H groups in total. The number of aromatic nitrogens is 1. The lowest BCUT2D eigenvalue weighted by Crippen LogP contribution is -2.40. The summed E-state index contributed by atoms with van der Waals surface area (Å²) in [5.41, 5.74) is 1.07. The van der Waals surface area contributed by atoms with Gasteiger partial charge in [0, 0.05) is 25.2 Å². The Morgan fingerprint density at radius 1 is 1.58 bits per heavy atom. The summed E-state index contributed by atoms with van der Waals surface area (Å²) in [7, 11) is 1.76. The molecule has 1 aliphatic heterocycles. The standard InChI is InChI=1S/C13H18N4O2/c1-9-7-13(2,19-17-9)8-16-12(18)10-4-5-15-11(6-10)14-3/h4-6H,7-8H2,1-3H3,(H,14,15)(H,16,18)/t13-/m0/s1. The van der Waals surface area contributed by atoms with Crippen molar-refractivity contribution in [2.75, 3.05) is 18.9 Å². The van der Waals surface area contributed by atoms with Crippen LogP contribution in [0.2, 0.25) is 0 Å². The highest BCUT2D eigenvalue weighted by molar-refractivity contribution is 5.94. The van der Waals surface area contributed by atoms with E-state index in [0.29, 0.717) is 17.9 Å². The maximum absolute atomic E-state index is 12.0. The van der Waals surface area contributed by atoms with E-state index in [9.17, 15) is 4.79 Å². The molecule has 6 heteroatoms. The molecule has 1 aliphatic rings. The first-order valence-electron chi connectivity index (χ1n) is 6.16. The van der Waals surface area contributed by atoms with Crippen LogP contribution in [0.15, 0.2) is 23.5 Å². The van der Waals surface area contributed by atoms with Gasteiger partial charge in [0.2, 0.25) is 0 Å². The van der Waals surface area contributed by atoms with E-state index in [1.54, 1.807) is 25.4 Å². The van der Waals surface area contributed by atoms with Crippen LogP contribution in [0.3, 0.4) is 0 Å². The van der Waals surface area contributed by atoms with Gasteiger partial charge in [0.25, 0.3) is 5.91 Å². The van der Waals surface area contributed by atoms with Gasteiger partial charge in [0.1, 0.15) is 5.82 Å². The average molecular weight is 262 g/mol. The van der Waals surface area contributed by atoms with Gasteiger partial charge in [-0.15, -0.1) is 0 Å². The van der Waals surface area contributed by atoms with Gasteiger partial charge < -0.3 is 15.5 Å². The monoisotopic (exact) mass is 262 g/mol. The van der Waals surface area contributed by atoms with Crippen molar-refractivity contribution in [1.29, 1.82) is 0 Å². The smallest absolute Gasteiger partial charge is 0.251 e. The van der Waals surface area contributed by atoms with Crippen LogP contribution in [0.1, 0.15) is 30.6 Å². The second kappa shape index (κ2) is 5.26. The number of nitrogens with one attached hydrogen (secondary N) is 2. The van der Waals surface area contributed by atoms with Crippen molar-refractivity contribution in [3.8, 4) is 0 Å². The Hall–Kier alpha value is -2.11. The number of carbonyl (C=O) groups excluding carboxylic acids is 1. The predicted molar refractivity (Wildman–Crippen MR) is 73.3 cm³/mol. The lowest BCUT2D eigenvalue weighted by Gasteiger charge is -2.21. The molecule has 0 spiro atoms. The maximum atomic E-state index is 12.0. The summed E-state index contributed by atoms with van der Waals surface area (Å²) in [4.78, 5) is 21.4. The molecule has 0 saturated heterocycles. The Balaban J connectivity index is 1.94. The molecule has 0 fully saturated rings. The minimum absolute atomic E-state index is 0.145. The first-order valence-corrected chi connectivity index (χ1v) is 6.16. The zero-order valence-corrected chi connectivity index (χ0v) is 11.4. The Labute approximate surface area is 112 Å². The van der Waals surface area contributed by atoms with Gasteiger partial charge in [-0.1, -0.05) is 5.16 Å². The normalized spacial score (nSPS) is 21.5. The molecule has 102 valence electrons. The Bertz CT molecular complexity index is 515. The van der Waals surface area contributed by atoms with E-state index in [2.05, 4.69) is 20.8 Å². The summed E-state index contributed by atoms with van der Waals surface area (Å²) in [5, 5.41) is 9.67. The van der Waals surface area contributed by atoms with Gasteiger partial charge in [-0.25, -0.2) is 4.98 Å². The largest absolute Gasteiger partial charge is 0.387 e. The van der Waals surface area contributed by atoms with E-state index >= 15 is 0 Å². The molecule has 2 rings (SSSR count). The minimum atomic E-state index is -0.446. The van der Waals surface area contributed by atoms with E-state index in [1.807, 2.05) is 13.8 Å². The fraction of sp³-hybridized carbons (Fsp3) is 0.462. The van der Waals surface area contributed by atoms with Gasteiger partial charge in [-0.05, 0) is 26.0 Å². The van der Waals surface area contributed by atoms with Crippen molar-refractivity contribution in [2.45, 2.75) is 25.9 Å². The SMILES string of the molecule is CNc1cc(C(=O)NC[C@]2(C)CC(C)=NO2)ccn1. The minimum Gasteiger partial charge on any atom is -0.387 e. The van der Waals surface area contributed by atoms with Crippen molar-refractivity contribution in [2.24, 2.45) is 5.16 Å². The summed E-state index contributed by atoms with van der Waals surface area (Å²) in [6, 6.07) is 3.38. The lowest BCUT2D eigenvalue weighted by molar-refractivity contribution is -0.00181. The van der Waals surface area contributed by atoms with Gasteiger partial charge >= 0.3 is 0 Å². The highest BCUT2D eigenvalue weighted by Gasteiger charge is 2.33. The van der Waals surface area contributed by atoms with Crippen molar-refractivity contribution in [3.05, 3.63) is 23.9 Å². The van der Waals surface area contributed by atoms with Crippen molar-refractivity contribution < 1.29 is 9.63 Å². The molecule has 0 aliphatic carbocycles. The van der Waals surface area contributed by atoms with E-state index in [1.165, 1.54) is 0 Å². The van der Waals surface area contributed by atoms with Gasteiger partial charge in [-0.3, -0.25) is 4.79 Å². The zero-order valence-electron chi connectivity index (χ0n) is 11.4. The van der Waals surface area contributed by atoms with Crippen LogP contribution < -0.4 is 10.6 Å². The quantitative estimate of drug-likeness (QED) is 0.860. The van der Waals surface area contributed by atoms with E-state index < -0.39 is 5.60 Å². The second-order valence-electron chi connectivity index (χ2n) is 4.91. The third-order valence-electron chi connectivity index (χ3n) is 2.95. The van der Waals surface area contributed by atoms with Crippen LogP contribution in [0.5, 0.6) is 0 Å². The Morgan fingerprint density at radius 2 is 2.37 bits per heavy atom. The fourth-order valence-electron chi connectivity index (χ4n) is 1.97. The summed E-state index contributed by atoms with van der Waals surface area (Å²) < 4.78 is 0. The van der Waals surface area contributed by atoms with Gasteiger partial charge in [-0.2, -0.15) is 0 Å². The van der Waals surface area contributed by atoms with Crippen LogP contribution >= 0.6 is 0 Å². The van der Waals surface area contributed by atoms with Crippen LogP contribution in [-0.4, -0.2) is 35.8 Å². The number of nitrogens with zero attached hydrogens (tertiary/aromatic N) is 2. The molecule has 1 atom stereocenters. The molecule has 6 nitrogen and oxygen atoms in total. The topological polar surface area (TPSA) is 75.6 Å². The molecule has 1 amide bonds. The maximum Gasteiger partial charge on any atom is 0.251 e. The summed E-state index contributed by atoms with van der Waals surface area (Å²) in [5.74, 6) is 0.517. The number of rotatable bonds is 4. The molecule has 0 bridgehead atoms. The van der Waals surface area contributed by atoms with Gasteiger partial charge in [0.05, 0.1) is 12.3 Å². The van der Waals surface area contributed by atoms with E-state index in [-0.39, 0.29) is 5.91 Å². The van der Waals surface area contributed by atoms with Crippen molar-refractivity contribution >= 4 is 17.4 Å². The van der Waals surface area contributed by atoms with Crippen LogP contribution in [0, 0.1) is 0 Å². The molecule has 0 aromatic carbocycles. The summed E-state index contributed by atoms with van der Waals surface area (Å²) in [6.45, 7) is 4.26. The molecule has 2 heterocycles. The Morgan fingerprint density at radius 3 is 3.00 bits per heavy atom. The molecular weight excluding hydrogens is 244 g/mol. The molecule has 1 aromatic rings. The summed E-state index contributed by atoms with van der Waals surface area (Å²) >= 11 is 0. The molecule has 1 aromatic heterocycles. The number of oxime groups is 1. The van der Waals surface area contributed by atoms with E-state index in [4.69, 9.17) is 4.84 Å². The summed E-state index contributed by atoms with van der Waals surface area (Å²) in [6.07, 6.45) is 2.33. The molecular formula is C13H18N4O2. The van der Waals surface area contributed by atoms with Crippen LogP contribution in [-0.2, 0) is 4.84 Å². The third kappa shape index (κ3) is 3.21. The zero-order chi connectivity index (χ0) is 13.9. The lowest BCUT2D eigenvalue weighted by atomic mass is 10.0. The molecule has 0 unspecified atom stereocenters. The van der Waals surface area contributed by atoms with Crippen molar-refractivity contribution in [3.63, 3.8) is 0 Å². The third-order valence-corrected chi connectivity index (χ3v) is 2.95. The average Bonchev–Trinajstić information content (AvgIpc) is 2.76. The first-order chi connectivity index (χ1) is 9.02. The van der Waals surface area contributed by atoms with Crippen LogP contribution in [0.4, 0.5) is 5.82 Å². The first kappa shape index (κ1) is 13.3. The number of hydrogen-bond acceptors (Lipinski definition) is 5. The highest BCUT2D eigenvalue weighted by Crippen LogP contribution is 2.22. The Kier molecular flexibility index (Phi) is 3.69. The molecule has 19 heavy (non-hydrogen) atoms. The number of pyridine rings is 1. The number of anilines is 1. The predicted octanol–water partition coefficient (Wildman–Crippen LogP) is 1.41. The molecule has 0 saturated carbocycles. The second-order valence-corrected chi connectivity index (χ2v) is 4.91. The molecule has 0 radical (unpaired) electrons. The van der Waals surface area contributed by atoms with E-state index in [0.717, 1.165) is 12.1 Å². The fourth-order valence-corrected chi connectivity index (χ4v) is 1.97. The number of carbonyl (C=O) groups is 1. The highest BCUT2D eigenvalue weighted by atomic mass is 16.7.